The molecule has 5 aromatic carbocycles. The van der Waals surface area contributed by atoms with Crippen molar-refractivity contribution in [3.8, 4) is 0 Å². The summed E-state index contributed by atoms with van der Waals surface area (Å²) in [4.78, 5) is 72.1. The Bertz CT molecular complexity index is 3100. The Morgan fingerprint density at radius 3 is 1.68 bits per heavy atom. The summed E-state index contributed by atoms with van der Waals surface area (Å²) < 4.78 is 88.9. The number of ether oxygens (including phenoxy) is 2. The molecule has 3 amide bonds. The van der Waals surface area contributed by atoms with Crippen LogP contribution < -0.4 is 0 Å². The van der Waals surface area contributed by atoms with Crippen molar-refractivity contribution in [2.75, 3.05) is 59.2 Å². The first-order valence-electron chi connectivity index (χ1n) is 29.2. The molecule has 7 rings (SSSR count). The average Bonchev–Trinajstić information content (AvgIpc) is 1.57. The van der Waals surface area contributed by atoms with Crippen LogP contribution in [0.25, 0.3) is 5.57 Å². The van der Waals surface area contributed by atoms with E-state index in [1.165, 1.54) is 89.6 Å². The highest BCUT2D eigenvalue weighted by Crippen LogP contribution is 2.34. The van der Waals surface area contributed by atoms with Crippen LogP contribution in [0.1, 0.15) is 135 Å². The van der Waals surface area contributed by atoms with E-state index in [-0.39, 0.29) is 98.1 Å². The van der Waals surface area contributed by atoms with Gasteiger partial charge in [0.25, 0.3) is 5.91 Å². The fourth-order valence-corrected chi connectivity index (χ4v) is 10.2. The number of ketones is 2. The maximum absolute atomic E-state index is 13.0. The van der Waals surface area contributed by atoms with Gasteiger partial charge in [-0.2, -0.15) is 0 Å². The van der Waals surface area contributed by atoms with E-state index in [1.807, 2.05) is 27.7 Å². The number of carbonyl (C=O) groups excluding carboxylic acids is 6. The Morgan fingerprint density at radius 2 is 1.24 bits per heavy atom. The number of rotatable bonds is 21. The van der Waals surface area contributed by atoms with E-state index in [4.69, 9.17) is 24.2 Å². The summed E-state index contributed by atoms with van der Waals surface area (Å²) in [6.07, 6.45) is 4.20. The Morgan fingerprint density at radius 1 is 0.728 bits per heavy atom. The summed E-state index contributed by atoms with van der Waals surface area (Å²) >= 11 is 0. The van der Waals surface area contributed by atoms with Crippen molar-refractivity contribution in [2.45, 2.75) is 104 Å². The lowest BCUT2D eigenvalue weighted by Crippen LogP contribution is -2.46. The number of likely N-dealkylation sites (tertiary alicyclic amines) is 1. The molecule has 0 spiro atoms. The average molecular weight is 1380 g/mol. The van der Waals surface area contributed by atoms with Gasteiger partial charge in [-0.05, 0) is 185 Å². The van der Waals surface area contributed by atoms with E-state index in [9.17, 15) is 60.9 Å². The van der Waals surface area contributed by atoms with Gasteiger partial charge in [0.2, 0.25) is 5.91 Å². The van der Waals surface area contributed by atoms with Gasteiger partial charge >= 0.3 is 12.1 Å². The normalized spacial score (nSPS) is 14.6. The van der Waals surface area contributed by atoms with Crippen molar-refractivity contribution in [3.05, 3.63) is 184 Å². The maximum Gasteiger partial charge on any atom is 0.410 e. The molecule has 0 radical (unpaired) electrons. The molecule has 6 atom stereocenters. The third-order valence-electron chi connectivity index (χ3n) is 12.9. The van der Waals surface area contributed by atoms with Crippen LogP contribution in [0.2, 0.25) is 0 Å². The topological polar surface area (TPSA) is 245 Å². The first-order chi connectivity index (χ1) is 43.9. The highest BCUT2D eigenvalue weighted by Gasteiger charge is 2.34. The number of halogens is 5. The minimum atomic E-state index is -0.619. The summed E-state index contributed by atoms with van der Waals surface area (Å²) in [6, 6.07) is 29.2. The van der Waals surface area contributed by atoms with Crippen LogP contribution in [-0.2, 0) is 28.4 Å². The van der Waals surface area contributed by atoms with Crippen LogP contribution >= 0.6 is 45.3 Å². The van der Waals surface area contributed by atoms with Crippen LogP contribution in [0, 0.1) is 35.0 Å². The Hall–Kier alpha value is -6.20. The Labute approximate surface area is 545 Å². The lowest BCUT2D eigenvalue weighted by Gasteiger charge is -2.38. The van der Waals surface area contributed by atoms with Gasteiger partial charge in [0.15, 0.2) is 11.6 Å². The van der Waals surface area contributed by atoms with Crippen LogP contribution in [0.3, 0.4) is 0 Å². The quantitative estimate of drug-likeness (QED) is 0.0176. The first-order valence-corrected chi connectivity index (χ1v) is 32.3. The van der Waals surface area contributed by atoms with Crippen molar-refractivity contribution < 1.29 is 85.1 Å². The second kappa shape index (κ2) is 46.0. The number of benzene rings is 5. The Kier molecular flexibility index (Phi) is 40.9. The van der Waals surface area contributed by atoms with Crippen LogP contribution in [0.5, 0.6) is 0 Å². The number of aliphatic hydroxyl groups is 4. The smallest absolute Gasteiger partial charge is 0.410 e. The molecule has 0 aliphatic carbocycles. The lowest BCUT2D eigenvalue weighted by molar-refractivity contribution is -0.147. The summed E-state index contributed by atoms with van der Waals surface area (Å²) in [7, 11) is 7.42. The zero-order valence-corrected chi connectivity index (χ0v) is 57.3. The van der Waals surface area contributed by atoms with E-state index < -0.39 is 35.8 Å². The van der Waals surface area contributed by atoms with Crippen molar-refractivity contribution >= 4 is 86.3 Å². The number of Topliss-reactive ketones (excluding diaryl/α,β-unsaturated/α-hetero) is 2. The van der Waals surface area contributed by atoms with E-state index in [0.29, 0.717) is 79.2 Å². The SMILES string of the molecule is CC(C)(C)OC(=O)N1CC[C@@H](c2ccc(F)cc2)[C@H](CO)C1.CCCC(=O)c1ccc(F)cc1.CCOC(=O)CC(=O)N(CCC(=O)c1ccc(F)cc1)P=NP.O=C1C=C(c2ccc(F)cc2)CCN1P=NP.OC(CCOP)c1ccc(F)cc1.OCCCO. The molecular formula is C64H83F5N5O13P5. The number of nitrogens with zero attached hydrogens (tertiary/aromatic N) is 5. The zero-order chi connectivity index (χ0) is 68.6. The second-order valence-corrected chi connectivity index (χ2v) is 24.5. The Balaban J connectivity index is 0.000000391. The van der Waals surface area contributed by atoms with Gasteiger partial charge in [-0.3, -0.25) is 33.3 Å². The fourth-order valence-electron chi connectivity index (χ4n) is 8.34. The standard InChI is InChI=1S/C17H24FNO3.C14H17FN2O4P2.C11H11FN2OP2.C10H11FO.C9H12FO2P.C3H8O2/c1-17(2,3)22-16(21)19-9-8-15(13(10-19)11-20)12-4-6-14(18)7-5-12;1-2-21-14(20)9-13(19)17(23-16-22)8-7-12(18)10-3-5-11(15)6-4-10;12-10-3-1-8(2-4-10)9-5-6-14(17-13-16)11(15)7-9;1-2-3-10(12)8-4-6-9(11)7-5-8;10-8-3-1-7(2-4-8)9(11)5-6-12-13;4-2-1-3-5/h4-7,13,15,20H,8-11H2,1-3H3;3-6H,2,7-9,22H2,1H3;1-4,7H,5-6,16H2;4-7H,2-3H2,1H3;1-4,9,11H,5-6,13H2;4-5H,1-3H2/t13-,15-;;;;;/m0...../s1. The molecule has 0 bridgehead atoms. The van der Waals surface area contributed by atoms with E-state index in [1.54, 1.807) is 59.0 Å². The van der Waals surface area contributed by atoms with Gasteiger partial charge in [-0.15, -0.1) is 0 Å². The molecule has 0 aromatic heterocycles. The number of hydrogen-bond donors (Lipinski definition) is 4. The highest BCUT2D eigenvalue weighted by atomic mass is 31.1. The van der Waals surface area contributed by atoms with E-state index >= 15 is 0 Å². The molecule has 28 heteroatoms. The lowest BCUT2D eigenvalue weighted by atomic mass is 9.81. The first kappa shape index (κ1) is 81.9. The van der Waals surface area contributed by atoms with Crippen molar-refractivity contribution in [1.29, 1.82) is 0 Å². The predicted molar refractivity (Wildman–Crippen MR) is 355 cm³/mol. The largest absolute Gasteiger partial charge is 0.466 e. The number of carbonyl (C=O) groups is 6. The third-order valence-corrected chi connectivity index (χ3v) is 15.2. The van der Waals surface area contributed by atoms with Crippen LogP contribution in [0.15, 0.2) is 136 Å². The molecule has 1 saturated heterocycles. The molecule has 92 heavy (non-hydrogen) atoms. The van der Waals surface area contributed by atoms with Crippen molar-refractivity contribution in [3.63, 3.8) is 0 Å². The van der Waals surface area contributed by atoms with Gasteiger partial charge in [-0.1, -0.05) is 43.3 Å². The van der Waals surface area contributed by atoms with Crippen LogP contribution in [0.4, 0.5) is 26.7 Å². The zero-order valence-electron chi connectivity index (χ0n) is 52.1. The third kappa shape index (κ3) is 33.1. The number of amides is 3. The minimum Gasteiger partial charge on any atom is -0.466 e. The van der Waals surface area contributed by atoms with Gasteiger partial charge in [-0.25, -0.2) is 35.8 Å². The monoisotopic (exact) mass is 1380 g/mol. The number of hydrogen-bond acceptors (Lipinski definition) is 15. The molecule has 2 aliphatic rings. The number of piperidine rings is 1. The molecular weight excluding hydrogens is 1300 g/mol. The maximum atomic E-state index is 13.0. The molecule has 0 saturated carbocycles. The van der Waals surface area contributed by atoms with Crippen LogP contribution in [-0.4, -0.2) is 135 Å². The molecule has 4 N–H and O–H groups in total. The number of aliphatic hydroxyl groups excluding tert-OH is 4. The predicted octanol–water partition coefficient (Wildman–Crippen LogP) is 13.7. The second-order valence-electron chi connectivity index (χ2n) is 21.0. The van der Waals surface area contributed by atoms with E-state index in [2.05, 4.69) is 37.3 Å². The summed E-state index contributed by atoms with van der Waals surface area (Å²) in [5, 5.41) is 35.0. The molecule has 4 unspecified atom stereocenters. The summed E-state index contributed by atoms with van der Waals surface area (Å²) in [6.45, 7) is 11.7. The van der Waals surface area contributed by atoms with Gasteiger partial charge in [0.1, 0.15) is 58.2 Å². The fraction of sp³-hybridized carbons (Fsp3) is 0.406. The van der Waals surface area contributed by atoms with Crippen molar-refractivity contribution in [1.82, 2.24) is 14.2 Å². The molecule has 1 fully saturated rings. The van der Waals surface area contributed by atoms with E-state index in [0.717, 1.165) is 36.0 Å². The molecule has 2 aliphatic heterocycles. The molecule has 5 aromatic rings. The minimum absolute atomic E-state index is 0.0126. The molecule has 502 valence electrons. The van der Waals surface area contributed by atoms with Gasteiger partial charge in [0, 0.05) is 97.8 Å². The van der Waals surface area contributed by atoms with Gasteiger partial charge in [0.05, 0.1) is 19.3 Å². The number of esters is 1. The summed E-state index contributed by atoms with van der Waals surface area (Å²) in [5.74, 6) is -2.77. The highest BCUT2D eigenvalue weighted by molar-refractivity contribution is 7.34. The van der Waals surface area contributed by atoms with Crippen molar-refractivity contribution in [2.24, 2.45) is 14.9 Å². The summed E-state index contributed by atoms with van der Waals surface area (Å²) in [5.41, 5.74) is 4.00. The van der Waals surface area contributed by atoms with Gasteiger partial charge < -0.3 is 39.3 Å². The molecule has 2 heterocycles. The molecule has 18 nitrogen and oxygen atoms in total.